The van der Waals surface area contributed by atoms with Crippen LogP contribution >= 0.6 is 0 Å². The van der Waals surface area contributed by atoms with Crippen LogP contribution in [0.1, 0.15) is 45.3 Å². The largest absolute Gasteiger partial charge is 0.333 e. The van der Waals surface area contributed by atoms with E-state index in [1.165, 1.54) is 0 Å². The molecule has 0 aliphatic carbocycles. The molecule has 0 unspecified atom stereocenters. The predicted molar refractivity (Wildman–Crippen MR) is 72.0 cm³/mol. The zero-order chi connectivity index (χ0) is 12.8. The summed E-state index contributed by atoms with van der Waals surface area (Å²) >= 11 is 0. The van der Waals surface area contributed by atoms with E-state index in [2.05, 4.69) is 41.4 Å². The van der Waals surface area contributed by atoms with E-state index in [4.69, 9.17) is 5.73 Å². The van der Waals surface area contributed by atoms with E-state index in [0.717, 1.165) is 44.1 Å². The van der Waals surface area contributed by atoms with Gasteiger partial charge in [0.1, 0.15) is 5.82 Å². The summed E-state index contributed by atoms with van der Waals surface area (Å²) in [5.74, 6) is 1.14. The Hall–Kier alpha value is -0.870. The van der Waals surface area contributed by atoms with Crippen molar-refractivity contribution in [3.05, 3.63) is 17.7 Å². The second-order valence-corrected chi connectivity index (χ2v) is 4.44. The second kappa shape index (κ2) is 6.77. The van der Waals surface area contributed by atoms with Gasteiger partial charge in [-0.05, 0) is 20.0 Å². The number of rotatable bonds is 7. The van der Waals surface area contributed by atoms with Gasteiger partial charge in [-0.25, -0.2) is 4.98 Å². The number of hydrogen-bond acceptors (Lipinski definition) is 3. The predicted octanol–water partition coefficient (Wildman–Crippen LogP) is 1.81. The number of nitrogens with two attached hydrogens (primary N) is 1. The van der Waals surface area contributed by atoms with Gasteiger partial charge in [0.05, 0.1) is 5.69 Å². The van der Waals surface area contributed by atoms with Crippen molar-refractivity contribution >= 4 is 0 Å². The Morgan fingerprint density at radius 3 is 2.47 bits per heavy atom. The molecule has 4 nitrogen and oxygen atoms in total. The number of nitrogens with zero attached hydrogens (tertiary/aromatic N) is 3. The van der Waals surface area contributed by atoms with Gasteiger partial charge in [-0.1, -0.05) is 20.8 Å². The first-order chi connectivity index (χ1) is 8.12. The summed E-state index contributed by atoms with van der Waals surface area (Å²) in [5, 5.41) is 0. The van der Waals surface area contributed by atoms with Crippen LogP contribution in [0, 0.1) is 0 Å². The molecule has 0 saturated heterocycles. The van der Waals surface area contributed by atoms with E-state index in [9.17, 15) is 0 Å². The molecule has 1 atom stereocenters. The summed E-state index contributed by atoms with van der Waals surface area (Å²) < 4.78 is 2.25. The molecule has 4 heteroatoms. The highest BCUT2D eigenvalue weighted by Gasteiger charge is 2.10. The third-order valence-corrected chi connectivity index (χ3v) is 3.21. The van der Waals surface area contributed by atoms with Crippen molar-refractivity contribution in [3.8, 4) is 0 Å². The highest BCUT2D eigenvalue weighted by atomic mass is 15.2. The van der Waals surface area contributed by atoms with Crippen LogP contribution in [-0.4, -0.2) is 34.1 Å². The summed E-state index contributed by atoms with van der Waals surface area (Å²) in [6, 6.07) is 0.0232. The number of likely N-dealkylation sites (N-methyl/N-ethyl adjacent to an activating group) is 1. The third kappa shape index (κ3) is 3.82. The van der Waals surface area contributed by atoms with Gasteiger partial charge in [0.15, 0.2) is 0 Å². The first-order valence-electron chi connectivity index (χ1n) is 6.66. The maximum Gasteiger partial charge on any atom is 0.108 e. The average Bonchev–Trinajstić information content (AvgIpc) is 2.74. The van der Waals surface area contributed by atoms with Gasteiger partial charge in [0, 0.05) is 31.7 Å². The highest BCUT2D eigenvalue weighted by molar-refractivity contribution is 5.07. The SMILES string of the molecule is CCc1nc([C@H](C)N)cn1CCN(CC)CC. The van der Waals surface area contributed by atoms with E-state index < -0.39 is 0 Å². The summed E-state index contributed by atoms with van der Waals surface area (Å²) in [5.41, 5.74) is 6.87. The van der Waals surface area contributed by atoms with Crippen LogP contribution < -0.4 is 5.73 Å². The van der Waals surface area contributed by atoms with E-state index in [1.807, 2.05) is 6.92 Å². The summed E-state index contributed by atoms with van der Waals surface area (Å²) in [7, 11) is 0. The van der Waals surface area contributed by atoms with Crippen LogP contribution in [0.3, 0.4) is 0 Å². The lowest BCUT2D eigenvalue weighted by molar-refractivity contribution is 0.289. The Morgan fingerprint density at radius 1 is 1.35 bits per heavy atom. The molecule has 0 aromatic carbocycles. The fraction of sp³-hybridized carbons (Fsp3) is 0.769. The van der Waals surface area contributed by atoms with Gasteiger partial charge in [0.2, 0.25) is 0 Å². The van der Waals surface area contributed by atoms with Gasteiger partial charge in [0.25, 0.3) is 0 Å². The Kier molecular flexibility index (Phi) is 5.65. The summed E-state index contributed by atoms with van der Waals surface area (Å²) in [6.07, 6.45) is 3.07. The lowest BCUT2D eigenvalue weighted by Gasteiger charge is -2.18. The minimum absolute atomic E-state index is 0.0232. The van der Waals surface area contributed by atoms with Crippen LogP contribution in [0.15, 0.2) is 6.20 Å². The quantitative estimate of drug-likeness (QED) is 0.788. The molecule has 0 radical (unpaired) electrons. The van der Waals surface area contributed by atoms with Crippen molar-refractivity contribution in [2.75, 3.05) is 19.6 Å². The van der Waals surface area contributed by atoms with Crippen molar-refractivity contribution in [1.82, 2.24) is 14.5 Å². The standard InChI is InChI=1S/C13H26N4/c1-5-13-15-12(11(4)14)10-17(13)9-8-16(6-2)7-3/h10-11H,5-9,14H2,1-4H3/t11-/m0/s1. The summed E-state index contributed by atoms with van der Waals surface area (Å²) in [6.45, 7) is 12.8. The normalized spacial score (nSPS) is 13.3. The highest BCUT2D eigenvalue weighted by Crippen LogP contribution is 2.10. The van der Waals surface area contributed by atoms with Gasteiger partial charge in [-0.2, -0.15) is 0 Å². The fourth-order valence-electron chi connectivity index (χ4n) is 1.96. The topological polar surface area (TPSA) is 47.1 Å². The van der Waals surface area contributed by atoms with Crippen molar-refractivity contribution in [2.24, 2.45) is 5.73 Å². The molecule has 0 amide bonds. The maximum absolute atomic E-state index is 5.87. The van der Waals surface area contributed by atoms with E-state index >= 15 is 0 Å². The third-order valence-electron chi connectivity index (χ3n) is 3.21. The molecule has 1 rings (SSSR count). The molecular formula is C13H26N4. The zero-order valence-corrected chi connectivity index (χ0v) is 11.6. The van der Waals surface area contributed by atoms with E-state index in [-0.39, 0.29) is 6.04 Å². The molecule has 17 heavy (non-hydrogen) atoms. The van der Waals surface area contributed by atoms with Crippen molar-refractivity contribution in [3.63, 3.8) is 0 Å². The smallest absolute Gasteiger partial charge is 0.108 e. The van der Waals surface area contributed by atoms with Crippen LogP contribution in [0.5, 0.6) is 0 Å². The Labute approximate surface area is 105 Å². The molecular weight excluding hydrogens is 212 g/mol. The first-order valence-corrected chi connectivity index (χ1v) is 6.66. The molecule has 0 fully saturated rings. The Balaban J connectivity index is 2.69. The van der Waals surface area contributed by atoms with Crippen molar-refractivity contribution in [2.45, 2.75) is 46.7 Å². The minimum Gasteiger partial charge on any atom is -0.333 e. The van der Waals surface area contributed by atoms with Gasteiger partial charge >= 0.3 is 0 Å². The Morgan fingerprint density at radius 2 is 2.00 bits per heavy atom. The lowest BCUT2D eigenvalue weighted by Crippen LogP contribution is -2.27. The van der Waals surface area contributed by atoms with Crippen LogP contribution in [0.25, 0.3) is 0 Å². The zero-order valence-electron chi connectivity index (χ0n) is 11.6. The molecule has 1 aromatic rings. The van der Waals surface area contributed by atoms with Crippen LogP contribution in [0.2, 0.25) is 0 Å². The van der Waals surface area contributed by atoms with Gasteiger partial charge in [-0.3, -0.25) is 0 Å². The molecule has 0 bridgehead atoms. The molecule has 1 aromatic heterocycles. The van der Waals surface area contributed by atoms with Gasteiger partial charge in [-0.15, -0.1) is 0 Å². The number of aryl methyl sites for hydroxylation is 1. The van der Waals surface area contributed by atoms with E-state index in [1.54, 1.807) is 0 Å². The molecule has 0 aliphatic heterocycles. The maximum atomic E-state index is 5.87. The van der Waals surface area contributed by atoms with E-state index in [0.29, 0.717) is 0 Å². The number of imidazole rings is 1. The second-order valence-electron chi connectivity index (χ2n) is 4.44. The monoisotopic (exact) mass is 238 g/mol. The molecule has 0 saturated carbocycles. The van der Waals surface area contributed by atoms with Crippen molar-refractivity contribution in [1.29, 1.82) is 0 Å². The average molecular weight is 238 g/mol. The molecule has 1 heterocycles. The molecule has 0 aliphatic rings. The first kappa shape index (κ1) is 14.2. The summed E-state index contributed by atoms with van der Waals surface area (Å²) in [4.78, 5) is 7.00. The van der Waals surface area contributed by atoms with Crippen molar-refractivity contribution < 1.29 is 0 Å². The molecule has 2 N–H and O–H groups in total. The number of hydrogen-bond donors (Lipinski definition) is 1. The van der Waals surface area contributed by atoms with Crippen LogP contribution in [-0.2, 0) is 13.0 Å². The van der Waals surface area contributed by atoms with Gasteiger partial charge < -0.3 is 15.2 Å². The fourth-order valence-corrected chi connectivity index (χ4v) is 1.96. The lowest BCUT2D eigenvalue weighted by atomic mass is 10.3. The Bertz CT molecular complexity index is 326. The van der Waals surface area contributed by atoms with Crippen LogP contribution in [0.4, 0.5) is 0 Å². The molecule has 98 valence electrons. The minimum atomic E-state index is 0.0232. The number of aromatic nitrogens is 2. The molecule has 0 spiro atoms.